The maximum atomic E-state index is 2.69. The average Bonchev–Trinajstić information content (AvgIpc) is 3.77. The van der Waals surface area contributed by atoms with Gasteiger partial charge in [0.15, 0.2) is 0 Å². The molecule has 0 amide bonds. The molecule has 1 aliphatic carbocycles. The number of aromatic nitrogens is 2. The molecule has 7 aromatic carbocycles. The van der Waals surface area contributed by atoms with Crippen LogP contribution in [0.3, 0.4) is 0 Å². The predicted molar refractivity (Wildman–Crippen MR) is 205 cm³/mol. The van der Waals surface area contributed by atoms with E-state index in [1.54, 1.807) is 0 Å². The van der Waals surface area contributed by atoms with E-state index in [1.165, 1.54) is 110 Å². The van der Waals surface area contributed by atoms with Gasteiger partial charge in [-0.25, -0.2) is 0 Å². The molecule has 13 rings (SSSR count). The van der Waals surface area contributed by atoms with E-state index < -0.39 is 5.41 Å². The highest BCUT2D eigenvalue weighted by atomic mass is 15.0. The lowest BCUT2D eigenvalue weighted by Gasteiger charge is -2.44. The topological polar surface area (TPSA) is 9.86 Å². The second kappa shape index (κ2) is 8.07. The van der Waals surface area contributed by atoms with Gasteiger partial charge in [0.05, 0.1) is 16.4 Å². The van der Waals surface area contributed by atoms with E-state index in [2.05, 4.69) is 156 Å². The van der Waals surface area contributed by atoms with Crippen molar-refractivity contribution in [3.05, 3.63) is 161 Å². The average molecular weight is 621 g/mol. The van der Waals surface area contributed by atoms with Gasteiger partial charge in [-0.1, -0.05) is 135 Å². The van der Waals surface area contributed by atoms with Crippen molar-refractivity contribution in [2.75, 3.05) is 0 Å². The Morgan fingerprint density at radius 1 is 0.510 bits per heavy atom. The van der Waals surface area contributed by atoms with Crippen LogP contribution in [-0.4, -0.2) is 15.8 Å². The van der Waals surface area contributed by atoms with Crippen LogP contribution >= 0.6 is 0 Å². The highest BCUT2D eigenvalue weighted by molar-refractivity contribution is 7.00. The number of nitrogens with zero attached hydrogens (tertiary/aromatic N) is 2. The molecule has 1 spiro atoms. The highest BCUT2D eigenvalue weighted by Gasteiger charge is 2.54. The van der Waals surface area contributed by atoms with Crippen molar-refractivity contribution >= 4 is 66.7 Å². The third kappa shape index (κ3) is 2.53. The van der Waals surface area contributed by atoms with Gasteiger partial charge in [-0.2, -0.15) is 0 Å². The lowest BCUT2D eigenvalue weighted by molar-refractivity contribution is 0.744. The molecule has 5 heterocycles. The Kier molecular flexibility index (Phi) is 4.16. The zero-order chi connectivity index (χ0) is 31.9. The molecule has 49 heavy (non-hydrogen) atoms. The molecule has 226 valence electrons. The number of rotatable bonds is 1. The summed E-state index contributed by atoms with van der Waals surface area (Å²) in [5, 5.41) is 5.37. The standard InChI is InChI=1S/C46H29BN2/c1-25(2)26-20-21-28-27-10-3-5-15-33(27)46(36(28)24-26)34-16-7-12-31-32-14-9-18-38-44(32)49(42(31)34)45-35(46)22-23-40-41(45)47(38)37-17-8-13-30-29-11-4-6-19-39(29)48(40)43(30)37/h3-25H,1-2H3. The van der Waals surface area contributed by atoms with Gasteiger partial charge in [-0.15, -0.1) is 0 Å². The van der Waals surface area contributed by atoms with Crippen LogP contribution in [0.25, 0.3) is 66.1 Å². The SMILES string of the molecule is CC(C)c1ccc2c(c1)C1(c3ccccc3-2)c2ccc3c4c2-n2c5c(cccc5c5cccc1c52)B4c1cccc2c4ccccc4n-3c12. The smallest absolute Gasteiger partial charge is 0.252 e. The summed E-state index contributed by atoms with van der Waals surface area (Å²) in [7, 11) is 0. The zero-order valence-electron chi connectivity index (χ0n) is 27.3. The fourth-order valence-corrected chi connectivity index (χ4v) is 10.9. The minimum atomic E-state index is -0.432. The van der Waals surface area contributed by atoms with Crippen molar-refractivity contribution < 1.29 is 0 Å². The lowest BCUT2D eigenvalue weighted by Crippen LogP contribution is -2.60. The minimum Gasteiger partial charge on any atom is -0.310 e. The molecule has 3 heteroatoms. The van der Waals surface area contributed by atoms with Crippen molar-refractivity contribution in [1.82, 2.24) is 9.13 Å². The van der Waals surface area contributed by atoms with E-state index in [-0.39, 0.29) is 6.71 Å². The molecule has 1 unspecified atom stereocenters. The molecule has 9 aromatic rings. The molecule has 0 saturated carbocycles. The first-order valence-corrected chi connectivity index (χ1v) is 17.7. The number of hydrogen-bond donors (Lipinski definition) is 0. The van der Waals surface area contributed by atoms with E-state index in [4.69, 9.17) is 0 Å². The normalized spacial score (nSPS) is 17.0. The Hall–Kier alpha value is -5.80. The summed E-state index contributed by atoms with van der Waals surface area (Å²) in [6.07, 6.45) is 0. The zero-order valence-corrected chi connectivity index (χ0v) is 27.3. The molecule has 2 aromatic heterocycles. The molecule has 0 saturated heterocycles. The lowest BCUT2D eigenvalue weighted by atomic mass is 9.34. The van der Waals surface area contributed by atoms with Crippen LogP contribution in [0.1, 0.15) is 47.6 Å². The maximum Gasteiger partial charge on any atom is 0.252 e. The van der Waals surface area contributed by atoms with Crippen LogP contribution in [0.5, 0.6) is 0 Å². The first-order chi connectivity index (χ1) is 24.2. The molecule has 0 radical (unpaired) electrons. The second-order valence-corrected chi connectivity index (χ2v) is 15.0. The number of para-hydroxylation sites is 4. The van der Waals surface area contributed by atoms with Crippen LogP contribution in [0, 0.1) is 0 Å². The number of benzene rings is 7. The molecule has 0 N–H and O–H groups in total. The van der Waals surface area contributed by atoms with Crippen LogP contribution in [-0.2, 0) is 5.41 Å². The Labute approximate surface area is 283 Å². The fraction of sp³-hybridized carbons (Fsp3) is 0.0870. The molecule has 0 bridgehead atoms. The van der Waals surface area contributed by atoms with Crippen molar-refractivity contribution in [2.45, 2.75) is 25.2 Å². The third-order valence-corrected chi connectivity index (χ3v) is 12.7. The summed E-state index contributed by atoms with van der Waals surface area (Å²) >= 11 is 0. The van der Waals surface area contributed by atoms with Gasteiger partial charge in [0.25, 0.3) is 6.71 Å². The summed E-state index contributed by atoms with van der Waals surface area (Å²) < 4.78 is 5.27. The summed E-state index contributed by atoms with van der Waals surface area (Å²) in [5.41, 5.74) is 21.7. The van der Waals surface area contributed by atoms with Gasteiger partial charge in [-0.3, -0.25) is 0 Å². The van der Waals surface area contributed by atoms with Crippen LogP contribution in [0.2, 0.25) is 0 Å². The Morgan fingerprint density at radius 2 is 1.16 bits per heavy atom. The van der Waals surface area contributed by atoms with Crippen molar-refractivity contribution in [1.29, 1.82) is 0 Å². The van der Waals surface area contributed by atoms with Gasteiger partial charge in [0, 0.05) is 44.0 Å². The summed E-state index contributed by atoms with van der Waals surface area (Å²) in [4.78, 5) is 0. The largest absolute Gasteiger partial charge is 0.310 e. The van der Waals surface area contributed by atoms with Gasteiger partial charge < -0.3 is 9.13 Å². The molecule has 3 aliphatic heterocycles. The van der Waals surface area contributed by atoms with E-state index in [9.17, 15) is 0 Å². The second-order valence-electron chi connectivity index (χ2n) is 15.0. The maximum absolute atomic E-state index is 2.69. The van der Waals surface area contributed by atoms with Crippen molar-refractivity contribution in [3.8, 4) is 22.5 Å². The van der Waals surface area contributed by atoms with Crippen LogP contribution in [0.4, 0.5) is 0 Å². The molecule has 1 atom stereocenters. The van der Waals surface area contributed by atoms with Crippen LogP contribution < -0.4 is 16.4 Å². The first kappa shape index (κ1) is 25.3. The summed E-state index contributed by atoms with van der Waals surface area (Å²) in [6, 6.07) is 51.7. The first-order valence-electron chi connectivity index (χ1n) is 17.7. The highest BCUT2D eigenvalue weighted by Crippen LogP contribution is 2.61. The molecular weight excluding hydrogens is 591 g/mol. The van der Waals surface area contributed by atoms with Crippen LogP contribution in [0.15, 0.2) is 133 Å². The van der Waals surface area contributed by atoms with Gasteiger partial charge in [0.2, 0.25) is 0 Å². The van der Waals surface area contributed by atoms with Gasteiger partial charge >= 0.3 is 0 Å². The number of hydrogen-bond acceptors (Lipinski definition) is 0. The Morgan fingerprint density at radius 3 is 2.00 bits per heavy atom. The van der Waals surface area contributed by atoms with Crippen molar-refractivity contribution in [2.24, 2.45) is 0 Å². The quantitative estimate of drug-likeness (QED) is 0.162. The van der Waals surface area contributed by atoms with E-state index in [0.29, 0.717) is 5.92 Å². The fourth-order valence-electron chi connectivity index (χ4n) is 10.9. The molecule has 0 fully saturated rings. The van der Waals surface area contributed by atoms with Gasteiger partial charge in [0.1, 0.15) is 0 Å². The monoisotopic (exact) mass is 620 g/mol. The molecular formula is C46H29BN2. The third-order valence-electron chi connectivity index (χ3n) is 12.7. The van der Waals surface area contributed by atoms with E-state index >= 15 is 0 Å². The Bertz CT molecular complexity index is 3050. The minimum absolute atomic E-state index is 0.141. The summed E-state index contributed by atoms with van der Waals surface area (Å²) in [5.74, 6) is 0.437. The number of fused-ring (bicyclic) bond motifs is 14. The Balaban J connectivity index is 1.32. The van der Waals surface area contributed by atoms with E-state index in [1.807, 2.05) is 0 Å². The molecule has 4 aliphatic rings. The van der Waals surface area contributed by atoms with Gasteiger partial charge in [-0.05, 0) is 73.4 Å². The van der Waals surface area contributed by atoms with Crippen molar-refractivity contribution in [3.63, 3.8) is 0 Å². The molecule has 2 nitrogen and oxygen atoms in total. The summed E-state index contributed by atoms with van der Waals surface area (Å²) in [6.45, 7) is 4.79. The van der Waals surface area contributed by atoms with E-state index in [0.717, 1.165) is 0 Å². The predicted octanol–water partition coefficient (Wildman–Crippen LogP) is 8.82.